The molecular formula is C20H14BrCl2NO5S2. The van der Waals surface area contributed by atoms with E-state index in [2.05, 4.69) is 15.9 Å². The Morgan fingerprint density at radius 2 is 2.06 bits per heavy atom. The van der Waals surface area contributed by atoms with Crippen LogP contribution in [0.2, 0.25) is 10.0 Å². The minimum Gasteiger partial charge on any atom is -0.493 e. The maximum Gasteiger partial charge on any atom is 0.323 e. The monoisotopic (exact) mass is 561 g/mol. The smallest absolute Gasteiger partial charge is 0.323 e. The molecule has 1 saturated heterocycles. The fourth-order valence-electron chi connectivity index (χ4n) is 2.67. The molecule has 2 aromatic rings. The molecule has 162 valence electrons. The van der Waals surface area contributed by atoms with Crippen molar-refractivity contribution in [2.24, 2.45) is 0 Å². The molecule has 0 aromatic heterocycles. The van der Waals surface area contributed by atoms with Crippen LogP contribution in [0.4, 0.5) is 0 Å². The number of rotatable bonds is 7. The van der Waals surface area contributed by atoms with Crippen molar-refractivity contribution in [2.45, 2.75) is 6.61 Å². The second-order valence-corrected chi connectivity index (χ2v) is 9.59. The molecule has 0 unspecified atom stereocenters. The lowest BCUT2D eigenvalue weighted by molar-refractivity contribution is -0.140. The van der Waals surface area contributed by atoms with Gasteiger partial charge in [-0.25, -0.2) is 0 Å². The maximum absolute atomic E-state index is 12.5. The van der Waals surface area contributed by atoms with Gasteiger partial charge in [0, 0.05) is 15.6 Å². The van der Waals surface area contributed by atoms with Crippen molar-refractivity contribution in [3.63, 3.8) is 0 Å². The zero-order chi connectivity index (χ0) is 22.7. The number of carboxylic acid groups (broad SMARTS) is 1. The fourth-order valence-corrected chi connectivity index (χ4v) is 4.97. The first kappa shape index (κ1) is 23.9. The second-order valence-electron chi connectivity index (χ2n) is 6.22. The summed E-state index contributed by atoms with van der Waals surface area (Å²) >= 11 is 21.8. The second kappa shape index (κ2) is 10.2. The summed E-state index contributed by atoms with van der Waals surface area (Å²) in [4.78, 5) is 24.8. The number of methoxy groups -OCH3 is 1. The van der Waals surface area contributed by atoms with Crippen molar-refractivity contribution in [2.75, 3.05) is 13.7 Å². The van der Waals surface area contributed by atoms with Crippen molar-refractivity contribution in [1.82, 2.24) is 4.90 Å². The molecule has 1 fully saturated rings. The van der Waals surface area contributed by atoms with Crippen LogP contribution in [-0.2, 0) is 16.2 Å². The van der Waals surface area contributed by atoms with Crippen LogP contribution < -0.4 is 9.47 Å². The van der Waals surface area contributed by atoms with Gasteiger partial charge in [0.2, 0.25) is 0 Å². The van der Waals surface area contributed by atoms with Gasteiger partial charge in [-0.05, 0) is 51.8 Å². The topological polar surface area (TPSA) is 76.1 Å². The number of amides is 1. The van der Waals surface area contributed by atoms with Gasteiger partial charge < -0.3 is 14.6 Å². The Morgan fingerprint density at radius 1 is 1.32 bits per heavy atom. The van der Waals surface area contributed by atoms with Crippen LogP contribution in [0.25, 0.3) is 6.08 Å². The normalized spacial score (nSPS) is 15.0. The van der Waals surface area contributed by atoms with Gasteiger partial charge in [0.15, 0.2) is 11.5 Å². The largest absolute Gasteiger partial charge is 0.493 e. The highest BCUT2D eigenvalue weighted by atomic mass is 79.9. The summed E-state index contributed by atoms with van der Waals surface area (Å²) in [6.07, 6.45) is 1.62. The van der Waals surface area contributed by atoms with E-state index in [9.17, 15) is 9.59 Å². The van der Waals surface area contributed by atoms with Gasteiger partial charge in [-0.1, -0.05) is 53.2 Å². The summed E-state index contributed by atoms with van der Waals surface area (Å²) in [5.41, 5.74) is 1.41. The number of carbonyl (C=O) groups is 2. The van der Waals surface area contributed by atoms with E-state index in [-0.39, 0.29) is 10.9 Å². The molecule has 1 amide bonds. The highest BCUT2D eigenvalue weighted by Crippen LogP contribution is 2.39. The van der Waals surface area contributed by atoms with Gasteiger partial charge >= 0.3 is 5.97 Å². The van der Waals surface area contributed by atoms with Crippen LogP contribution in [0, 0.1) is 0 Å². The molecule has 1 aliphatic rings. The lowest BCUT2D eigenvalue weighted by Gasteiger charge is -2.14. The molecule has 2 aromatic carbocycles. The quantitative estimate of drug-likeness (QED) is 0.346. The van der Waals surface area contributed by atoms with E-state index in [1.165, 1.54) is 7.11 Å². The summed E-state index contributed by atoms with van der Waals surface area (Å²) in [7, 11) is 1.50. The highest BCUT2D eigenvalue weighted by Gasteiger charge is 2.33. The Hall–Kier alpha value is -1.78. The number of hydrogen-bond donors (Lipinski definition) is 1. The zero-order valence-corrected chi connectivity index (χ0v) is 20.6. The van der Waals surface area contributed by atoms with Gasteiger partial charge in [-0.15, -0.1) is 0 Å². The lowest BCUT2D eigenvalue weighted by atomic mass is 10.1. The third-order valence-corrected chi connectivity index (χ3v) is 6.66. The van der Waals surface area contributed by atoms with Gasteiger partial charge in [-0.2, -0.15) is 0 Å². The summed E-state index contributed by atoms with van der Waals surface area (Å²) in [5, 5.41) is 9.97. The number of halogens is 3. The molecule has 1 aliphatic heterocycles. The number of carboxylic acids is 1. The van der Waals surface area contributed by atoms with Crippen LogP contribution in [0.15, 0.2) is 39.7 Å². The molecule has 6 nitrogen and oxygen atoms in total. The van der Waals surface area contributed by atoms with Gasteiger partial charge in [0.1, 0.15) is 17.5 Å². The molecule has 11 heteroatoms. The third-order valence-electron chi connectivity index (χ3n) is 4.10. The van der Waals surface area contributed by atoms with E-state index in [0.717, 1.165) is 22.2 Å². The van der Waals surface area contributed by atoms with Crippen molar-refractivity contribution >= 4 is 85.4 Å². The van der Waals surface area contributed by atoms with Crippen LogP contribution in [0.3, 0.4) is 0 Å². The number of nitrogens with zero attached hydrogens (tertiary/aromatic N) is 1. The highest BCUT2D eigenvalue weighted by molar-refractivity contribution is 9.10. The summed E-state index contributed by atoms with van der Waals surface area (Å²) in [6.45, 7) is -0.285. The molecule has 31 heavy (non-hydrogen) atoms. The number of benzene rings is 2. The number of thiocarbonyl (C=S) groups is 1. The summed E-state index contributed by atoms with van der Waals surface area (Å²) in [5.74, 6) is -0.690. The molecule has 1 N–H and O–H groups in total. The van der Waals surface area contributed by atoms with Crippen molar-refractivity contribution in [3.8, 4) is 11.5 Å². The standard InChI is InChI=1S/C20H14BrCl2NO5S2/c1-28-15-5-10(6-16-19(27)24(8-17(25)26)20(30)31-16)4-13(21)18(15)29-9-11-2-3-12(22)7-14(11)23/h2-7H,8-9H2,1H3,(H,25,26)/b16-6+. The third kappa shape index (κ3) is 5.72. The number of thioether (sulfide) groups is 1. The molecule has 1 heterocycles. The molecule has 0 aliphatic carbocycles. The van der Waals surface area contributed by atoms with Crippen LogP contribution in [-0.4, -0.2) is 39.9 Å². The number of aliphatic carboxylic acids is 1. The first-order chi connectivity index (χ1) is 14.7. The molecule has 0 spiro atoms. The minimum atomic E-state index is -1.13. The number of ether oxygens (including phenoxy) is 2. The van der Waals surface area contributed by atoms with Gasteiger partial charge in [0.25, 0.3) is 5.91 Å². The van der Waals surface area contributed by atoms with Crippen molar-refractivity contribution in [1.29, 1.82) is 0 Å². The van der Waals surface area contributed by atoms with E-state index in [0.29, 0.717) is 36.5 Å². The zero-order valence-electron chi connectivity index (χ0n) is 15.9. The molecule has 0 saturated carbocycles. The first-order valence-electron chi connectivity index (χ1n) is 8.61. The Morgan fingerprint density at radius 3 is 2.71 bits per heavy atom. The van der Waals surface area contributed by atoms with Gasteiger partial charge in [-0.3, -0.25) is 14.5 Å². The molecule has 0 bridgehead atoms. The Labute approximate surface area is 206 Å². The molecule has 0 atom stereocenters. The average Bonchev–Trinajstić information content (AvgIpc) is 2.95. The fraction of sp³-hybridized carbons (Fsp3) is 0.150. The lowest BCUT2D eigenvalue weighted by Crippen LogP contribution is -2.33. The van der Waals surface area contributed by atoms with Crippen LogP contribution in [0.1, 0.15) is 11.1 Å². The predicted octanol–water partition coefficient (Wildman–Crippen LogP) is 5.63. The van der Waals surface area contributed by atoms with Crippen molar-refractivity contribution in [3.05, 3.63) is 60.9 Å². The number of hydrogen-bond acceptors (Lipinski definition) is 6. The molecular weight excluding hydrogens is 549 g/mol. The molecule has 3 rings (SSSR count). The predicted molar refractivity (Wildman–Crippen MR) is 129 cm³/mol. The van der Waals surface area contributed by atoms with E-state index in [1.807, 2.05) is 0 Å². The van der Waals surface area contributed by atoms with E-state index in [4.69, 9.17) is 50.0 Å². The minimum absolute atomic E-state index is 0.193. The van der Waals surface area contributed by atoms with Crippen molar-refractivity contribution < 1.29 is 24.2 Å². The average molecular weight is 563 g/mol. The summed E-state index contributed by atoms with van der Waals surface area (Å²) < 4.78 is 12.1. The Kier molecular flexibility index (Phi) is 7.87. The van der Waals surface area contributed by atoms with E-state index in [1.54, 1.807) is 36.4 Å². The van der Waals surface area contributed by atoms with Crippen LogP contribution >= 0.6 is 63.1 Å². The van der Waals surface area contributed by atoms with E-state index < -0.39 is 18.4 Å². The Balaban J connectivity index is 1.84. The molecule has 0 radical (unpaired) electrons. The SMILES string of the molecule is COc1cc(/C=C2/SC(=S)N(CC(=O)O)C2=O)cc(Br)c1OCc1ccc(Cl)cc1Cl. The summed E-state index contributed by atoms with van der Waals surface area (Å²) in [6, 6.07) is 8.59. The van der Waals surface area contributed by atoms with Crippen LogP contribution in [0.5, 0.6) is 11.5 Å². The maximum atomic E-state index is 12.5. The van der Waals surface area contributed by atoms with E-state index >= 15 is 0 Å². The van der Waals surface area contributed by atoms with Gasteiger partial charge in [0.05, 0.1) is 16.5 Å². The number of carbonyl (C=O) groups excluding carboxylic acids is 1. The Bertz CT molecular complexity index is 1110. The first-order valence-corrected chi connectivity index (χ1v) is 11.4.